The van der Waals surface area contributed by atoms with Gasteiger partial charge in [-0.1, -0.05) is 11.6 Å². The first-order chi connectivity index (χ1) is 9.47. The number of halogens is 2. The Morgan fingerprint density at radius 2 is 2.00 bits per heavy atom. The number of nitrogen functional groups attached to an aromatic ring is 1. The van der Waals surface area contributed by atoms with Crippen molar-refractivity contribution in [2.24, 2.45) is 5.73 Å². The number of hydrogen-bond donors (Lipinski definition) is 2. The molecule has 0 aliphatic heterocycles. The maximum absolute atomic E-state index is 13.6. The van der Waals surface area contributed by atoms with E-state index in [1.54, 1.807) is 0 Å². The van der Waals surface area contributed by atoms with E-state index in [-0.39, 0.29) is 23.5 Å². The molecule has 2 aromatic carbocycles. The first kappa shape index (κ1) is 14.1. The lowest BCUT2D eigenvalue weighted by atomic mass is 10.1. The highest BCUT2D eigenvalue weighted by Crippen LogP contribution is 2.23. The Morgan fingerprint density at radius 3 is 2.70 bits per heavy atom. The number of benzene rings is 2. The van der Waals surface area contributed by atoms with Crippen molar-refractivity contribution in [3.05, 3.63) is 58.4 Å². The van der Waals surface area contributed by atoms with E-state index in [4.69, 9.17) is 27.8 Å². The molecule has 1 amide bonds. The molecular weight excluding hydrogens is 283 g/mol. The lowest BCUT2D eigenvalue weighted by Gasteiger charge is -2.11. The van der Waals surface area contributed by atoms with Gasteiger partial charge in [-0.05, 0) is 30.3 Å². The Labute approximate surface area is 120 Å². The molecule has 0 saturated carbocycles. The predicted molar refractivity (Wildman–Crippen MR) is 75.1 cm³/mol. The van der Waals surface area contributed by atoms with Crippen LogP contribution in [0.2, 0.25) is 5.02 Å². The highest BCUT2D eigenvalue weighted by molar-refractivity contribution is 6.30. The molecule has 0 aliphatic carbocycles. The van der Waals surface area contributed by atoms with Gasteiger partial charge in [0.2, 0.25) is 0 Å². The third-order valence-corrected chi connectivity index (χ3v) is 2.90. The number of nitrogens with two attached hydrogens (primary N) is 2. The van der Waals surface area contributed by atoms with Gasteiger partial charge in [0.05, 0.1) is 5.56 Å². The van der Waals surface area contributed by atoms with Crippen LogP contribution in [0.3, 0.4) is 0 Å². The van der Waals surface area contributed by atoms with Gasteiger partial charge >= 0.3 is 0 Å². The van der Waals surface area contributed by atoms with Crippen molar-refractivity contribution in [1.29, 1.82) is 0 Å². The predicted octanol–water partition coefficient (Wildman–Crippen LogP) is 2.74. The van der Waals surface area contributed by atoms with Crippen LogP contribution >= 0.6 is 11.6 Å². The molecule has 0 unspecified atom stereocenters. The topological polar surface area (TPSA) is 78.3 Å². The summed E-state index contributed by atoms with van der Waals surface area (Å²) >= 11 is 5.79. The third kappa shape index (κ3) is 3.19. The smallest absolute Gasteiger partial charge is 0.252 e. The van der Waals surface area contributed by atoms with E-state index >= 15 is 0 Å². The van der Waals surface area contributed by atoms with Crippen LogP contribution in [0.15, 0.2) is 36.4 Å². The average Bonchev–Trinajstić information content (AvgIpc) is 2.39. The number of hydrogen-bond acceptors (Lipinski definition) is 3. The zero-order chi connectivity index (χ0) is 14.7. The fourth-order valence-corrected chi connectivity index (χ4v) is 1.87. The van der Waals surface area contributed by atoms with Gasteiger partial charge in [0.1, 0.15) is 18.2 Å². The molecule has 4 nitrogen and oxygen atoms in total. The summed E-state index contributed by atoms with van der Waals surface area (Å²) < 4.78 is 19.0. The van der Waals surface area contributed by atoms with E-state index in [1.807, 2.05) is 0 Å². The third-order valence-electron chi connectivity index (χ3n) is 2.66. The van der Waals surface area contributed by atoms with Crippen LogP contribution in [0.1, 0.15) is 15.9 Å². The van der Waals surface area contributed by atoms with E-state index in [0.29, 0.717) is 10.7 Å². The summed E-state index contributed by atoms with van der Waals surface area (Å²) in [5.74, 6) is -0.887. The number of ether oxygens (including phenoxy) is 1. The normalized spacial score (nSPS) is 10.3. The van der Waals surface area contributed by atoms with Crippen molar-refractivity contribution in [3.8, 4) is 5.75 Å². The molecule has 6 heteroatoms. The van der Waals surface area contributed by atoms with E-state index in [0.717, 1.165) is 0 Å². The lowest BCUT2D eigenvalue weighted by molar-refractivity contribution is 0.0996. The minimum absolute atomic E-state index is 0.0872. The van der Waals surface area contributed by atoms with Crippen LogP contribution in [0.5, 0.6) is 5.75 Å². The number of amides is 1. The van der Waals surface area contributed by atoms with Crippen LogP contribution in [0, 0.1) is 5.82 Å². The molecule has 4 N–H and O–H groups in total. The van der Waals surface area contributed by atoms with Crippen LogP contribution in [-0.4, -0.2) is 5.91 Å². The summed E-state index contributed by atoms with van der Waals surface area (Å²) in [6.07, 6.45) is 0. The summed E-state index contributed by atoms with van der Waals surface area (Å²) in [5.41, 5.74) is 11.7. The van der Waals surface area contributed by atoms with E-state index in [1.165, 1.54) is 36.4 Å². The van der Waals surface area contributed by atoms with Gasteiger partial charge in [-0.2, -0.15) is 0 Å². The number of rotatable bonds is 4. The number of anilines is 1. The summed E-state index contributed by atoms with van der Waals surface area (Å²) in [6.45, 7) is -0.0872. The minimum Gasteiger partial charge on any atom is -0.488 e. The summed E-state index contributed by atoms with van der Waals surface area (Å²) in [4.78, 5) is 11.3. The summed E-state index contributed by atoms with van der Waals surface area (Å²) in [7, 11) is 0. The Balaban J connectivity index is 2.24. The molecule has 0 heterocycles. The Hall–Kier alpha value is -2.27. The van der Waals surface area contributed by atoms with Gasteiger partial charge < -0.3 is 16.2 Å². The van der Waals surface area contributed by atoms with Crippen molar-refractivity contribution in [2.75, 3.05) is 5.73 Å². The van der Waals surface area contributed by atoms with Gasteiger partial charge in [-0.15, -0.1) is 0 Å². The molecular formula is C14H12ClFN2O2. The molecule has 0 fully saturated rings. The Morgan fingerprint density at radius 1 is 1.25 bits per heavy atom. The highest BCUT2D eigenvalue weighted by atomic mass is 35.5. The fourth-order valence-electron chi connectivity index (χ4n) is 1.67. The number of primary amides is 1. The van der Waals surface area contributed by atoms with Gasteiger partial charge in [0, 0.05) is 22.3 Å². The average molecular weight is 295 g/mol. The Bertz CT molecular complexity index is 662. The monoisotopic (exact) mass is 294 g/mol. The first-order valence-electron chi connectivity index (χ1n) is 5.73. The van der Waals surface area contributed by atoms with Crippen molar-refractivity contribution < 1.29 is 13.9 Å². The van der Waals surface area contributed by atoms with Gasteiger partial charge in [0.15, 0.2) is 0 Å². The molecule has 0 saturated heterocycles. The zero-order valence-corrected chi connectivity index (χ0v) is 11.2. The second kappa shape index (κ2) is 5.79. The molecule has 0 aromatic heterocycles. The summed E-state index contributed by atoms with van der Waals surface area (Å²) in [5, 5.41) is 0.396. The van der Waals surface area contributed by atoms with Crippen molar-refractivity contribution in [1.82, 2.24) is 0 Å². The second-order valence-electron chi connectivity index (χ2n) is 4.14. The standard InChI is InChI=1S/C14H12ClFN2O2/c15-9-1-4-12(16)8(5-9)7-20-13-6-10(17)2-3-11(13)14(18)19/h1-6H,7,17H2,(H2,18,19). The lowest BCUT2D eigenvalue weighted by Crippen LogP contribution is -2.13. The molecule has 0 bridgehead atoms. The molecule has 0 radical (unpaired) electrons. The van der Waals surface area contributed by atoms with E-state index < -0.39 is 11.7 Å². The molecule has 0 spiro atoms. The number of carbonyl (C=O) groups is 1. The molecule has 2 rings (SSSR count). The van der Waals surface area contributed by atoms with Crippen LogP contribution in [0.25, 0.3) is 0 Å². The quantitative estimate of drug-likeness (QED) is 0.851. The van der Waals surface area contributed by atoms with E-state index in [9.17, 15) is 9.18 Å². The molecule has 2 aromatic rings. The fraction of sp³-hybridized carbons (Fsp3) is 0.0714. The Kier molecular flexibility index (Phi) is 4.10. The molecule has 0 aliphatic rings. The first-order valence-corrected chi connectivity index (χ1v) is 6.11. The SMILES string of the molecule is NC(=O)c1ccc(N)cc1OCc1cc(Cl)ccc1F. The zero-order valence-electron chi connectivity index (χ0n) is 10.4. The largest absolute Gasteiger partial charge is 0.488 e. The second-order valence-corrected chi connectivity index (χ2v) is 4.58. The highest BCUT2D eigenvalue weighted by Gasteiger charge is 2.11. The van der Waals surface area contributed by atoms with E-state index in [2.05, 4.69) is 0 Å². The van der Waals surface area contributed by atoms with Crippen LogP contribution < -0.4 is 16.2 Å². The van der Waals surface area contributed by atoms with Crippen LogP contribution in [0.4, 0.5) is 10.1 Å². The van der Waals surface area contributed by atoms with Crippen molar-refractivity contribution in [2.45, 2.75) is 6.61 Å². The van der Waals surface area contributed by atoms with Crippen LogP contribution in [-0.2, 0) is 6.61 Å². The van der Waals surface area contributed by atoms with Gasteiger partial charge in [-0.25, -0.2) is 4.39 Å². The van der Waals surface area contributed by atoms with Crippen molar-refractivity contribution in [3.63, 3.8) is 0 Å². The van der Waals surface area contributed by atoms with Crippen molar-refractivity contribution >= 4 is 23.2 Å². The van der Waals surface area contributed by atoms with Gasteiger partial charge in [0.25, 0.3) is 5.91 Å². The minimum atomic E-state index is -0.647. The molecule has 0 atom stereocenters. The molecule has 20 heavy (non-hydrogen) atoms. The number of carbonyl (C=O) groups excluding carboxylic acids is 1. The summed E-state index contributed by atoms with van der Waals surface area (Å²) in [6, 6.07) is 8.59. The van der Waals surface area contributed by atoms with Gasteiger partial charge in [-0.3, -0.25) is 4.79 Å². The molecule has 104 valence electrons. The maximum atomic E-state index is 13.6. The maximum Gasteiger partial charge on any atom is 0.252 e.